The van der Waals surface area contributed by atoms with Crippen molar-refractivity contribution in [2.45, 2.75) is 104 Å². The monoisotopic (exact) mass is 380 g/mol. The predicted octanol–water partition coefficient (Wildman–Crippen LogP) is 3.15. The maximum Gasteiger partial charge on any atom is 2.00 e. The number of carbonyl (C=O) groups is 2. The number of hydrogen-bond acceptors (Lipinski definition) is 4. The molecule has 5 heteroatoms. The van der Waals surface area contributed by atoms with Gasteiger partial charge < -0.3 is 19.8 Å². The number of carboxylic acid groups (broad SMARTS) is 2. The van der Waals surface area contributed by atoms with Crippen LogP contribution in [0.25, 0.3) is 0 Å². The van der Waals surface area contributed by atoms with E-state index in [1.807, 2.05) is 0 Å². The van der Waals surface area contributed by atoms with E-state index < -0.39 is 11.9 Å². The molecule has 25 heavy (non-hydrogen) atoms. The van der Waals surface area contributed by atoms with Gasteiger partial charge in [-0.15, -0.1) is 0 Å². The van der Waals surface area contributed by atoms with Crippen molar-refractivity contribution in [1.82, 2.24) is 0 Å². The third kappa shape index (κ3) is 32.1. The molecule has 142 valence electrons. The Hall–Kier alpha value is -0.0603. The molecule has 0 saturated carbocycles. The fourth-order valence-electron chi connectivity index (χ4n) is 2.29. The summed E-state index contributed by atoms with van der Waals surface area (Å²) in [6.07, 6.45) is 16.9. The molecule has 4 nitrogen and oxygen atoms in total. The number of aliphatic carboxylic acids is 2. The molecule has 0 atom stereocenters. The van der Waals surface area contributed by atoms with Crippen molar-refractivity contribution in [3.05, 3.63) is 12.2 Å². The second kappa shape index (κ2) is 23.9. The van der Waals surface area contributed by atoms with Crippen molar-refractivity contribution in [3.63, 3.8) is 0 Å². The van der Waals surface area contributed by atoms with Gasteiger partial charge in [0, 0.05) is 5.97 Å². The van der Waals surface area contributed by atoms with E-state index in [1.54, 1.807) is 0 Å². The Labute approximate surface area is 184 Å². The van der Waals surface area contributed by atoms with Gasteiger partial charge in [0.2, 0.25) is 0 Å². The zero-order valence-corrected chi connectivity index (χ0v) is 18.7. The number of rotatable bonds is 15. The van der Waals surface area contributed by atoms with Crippen molar-refractivity contribution in [3.8, 4) is 0 Å². The average Bonchev–Trinajstić information content (AvgIpc) is 2.52. The molecule has 0 radical (unpaired) electrons. The molecule has 0 aromatic rings. The van der Waals surface area contributed by atoms with Crippen molar-refractivity contribution in [1.29, 1.82) is 0 Å². The topological polar surface area (TPSA) is 80.3 Å². The van der Waals surface area contributed by atoms with Crippen LogP contribution in [0.5, 0.6) is 0 Å². The van der Waals surface area contributed by atoms with Crippen LogP contribution >= 0.6 is 0 Å². The molecule has 0 aromatic heterocycles. The van der Waals surface area contributed by atoms with Crippen LogP contribution in [-0.4, -0.2) is 49.7 Å². The molecule has 0 aromatic carbocycles. The van der Waals surface area contributed by atoms with E-state index in [0.717, 1.165) is 12.8 Å². The minimum atomic E-state index is -1.19. The number of carboxylic acids is 2. The van der Waals surface area contributed by atoms with Gasteiger partial charge in [-0.1, -0.05) is 90.6 Å². The summed E-state index contributed by atoms with van der Waals surface area (Å²) < 4.78 is 0. The van der Waals surface area contributed by atoms with E-state index in [4.69, 9.17) is 0 Å². The molecule has 0 aliphatic heterocycles. The zero-order valence-electron chi connectivity index (χ0n) is 16.4. The summed E-state index contributed by atoms with van der Waals surface area (Å²) in [5, 5.41) is 19.7. The van der Waals surface area contributed by atoms with Crippen LogP contribution in [0, 0.1) is 0 Å². The first kappa shape index (κ1) is 29.7. The molecule has 0 unspecified atom stereocenters. The van der Waals surface area contributed by atoms with E-state index in [2.05, 4.69) is 13.5 Å². The molecular formula is C20H36CaO4. The number of unbranched alkanes of at least 4 members (excludes halogenated alkanes) is 12. The Bertz CT molecular complexity index is 318. The smallest absolute Gasteiger partial charge is 0.550 e. The van der Waals surface area contributed by atoms with Gasteiger partial charge in [-0.3, -0.25) is 0 Å². The molecule has 0 amide bonds. The molecule has 0 heterocycles. The van der Waals surface area contributed by atoms with Gasteiger partial charge in [0.05, 0.1) is 5.97 Å². The van der Waals surface area contributed by atoms with Crippen molar-refractivity contribution >= 4 is 49.7 Å². The summed E-state index contributed by atoms with van der Waals surface area (Å²) >= 11 is 0. The first-order valence-electron chi connectivity index (χ1n) is 9.48. The van der Waals surface area contributed by atoms with Gasteiger partial charge in [0.15, 0.2) is 0 Å². The van der Waals surface area contributed by atoms with Crippen LogP contribution in [0.4, 0.5) is 0 Å². The molecule has 0 N–H and O–H groups in total. The SMILES string of the molecule is C=C(C)C(=O)[O-].CCCCCCCCCCCCCCCC(=O)[O-].[Ca+2]. The summed E-state index contributed by atoms with van der Waals surface area (Å²) in [6, 6.07) is 0. The van der Waals surface area contributed by atoms with Gasteiger partial charge in [0.25, 0.3) is 0 Å². The van der Waals surface area contributed by atoms with E-state index in [0.29, 0.717) is 0 Å². The molecule has 0 rings (SSSR count). The number of carbonyl (C=O) groups excluding carboxylic acids is 2. The van der Waals surface area contributed by atoms with E-state index in [9.17, 15) is 19.8 Å². The fraction of sp³-hybridized carbons (Fsp3) is 0.800. The third-order valence-electron chi connectivity index (χ3n) is 3.83. The molecule has 0 aliphatic rings. The van der Waals surface area contributed by atoms with Crippen molar-refractivity contribution in [2.75, 3.05) is 0 Å². The van der Waals surface area contributed by atoms with Crippen LogP contribution in [0.1, 0.15) is 104 Å². The molecular weight excluding hydrogens is 344 g/mol. The van der Waals surface area contributed by atoms with Crippen LogP contribution < -0.4 is 10.2 Å². The predicted molar refractivity (Wildman–Crippen MR) is 101 cm³/mol. The van der Waals surface area contributed by atoms with Gasteiger partial charge in [-0.05, 0) is 25.3 Å². The molecule has 0 fully saturated rings. The summed E-state index contributed by atoms with van der Waals surface area (Å²) in [6.45, 7) is 6.73. The molecule has 0 bridgehead atoms. The van der Waals surface area contributed by atoms with Crippen LogP contribution in [0.3, 0.4) is 0 Å². The summed E-state index contributed by atoms with van der Waals surface area (Å²) in [5.74, 6) is -2.09. The van der Waals surface area contributed by atoms with E-state index in [1.165, 1.54) is 77.6 Å². The third-order valence-corrected chi connectivity index (χ3v) is 3.83. The van der Waals surface area contributed by atoms with Crippen molar-refractivity contribution in [2.24, 2.45) is 0 Å². The fourth-order valence-corrected chi connectivity index (χ4v) is 2.29. The average molecular weight is 381 g/mol. The Kier molecular flexibility index (Phi) is 28.4. The standard InChI is InChI=1S/C16H32O2.C4H6O2.Ca/c1-2-3-4-5-6-7-8-9-10-11-12-13-14-15-16(17)18;1-3(2)4(5)6;/h2-15H2,1H3,(H,17,18);1H2,2H3,(H,5,6);/q;;+2/p-2. The number of hydrogen-bond donors (Lipinski definition) is 0. The van der Waals surface area contributed by atoms with Crippen LogP contribution in [0.15, 0.2) is 12.2 Å². The van der Waals surface area contributed by atoms with Gasteiger partial charge >= 0.3 is 37.7 Å². The normalized spacial score (nSPS) is 9.52. The maximum absolute atomic E-state index is 10.2. The largest absolute Gasteiger partial charge is 2.00 e. The Morgan fingerprint density at radius 1 is 0.720 bits per heavy atom. The first-order chi connectivity index (χ1) is 11.4. The van der Waals surface area contributed by atoms with Crippen LogP contribution in [-0.2, 0) is 9.59 Å². The molecule has 0 saturated heterocycles. The molecule has 0 spiro atoms. The van der Waals surface area contributed by atoms with Gasteiger partial charge in [-0.2, -0.15) is 0 Å². The van der Waals surface area contributed by atoms with E-state index in [-0.39, 0.29) is 49.7 Å². The Balaban J connectivity index is -0.000000592. The minimum absolute atomic E-state index is 0. The second-order valence-corrected chi connectivity index (χ2v) is 6.43. The first-order valence-corrected chi connectivity index (χ1v) is 9.48. The van der Waals surface area contributed by atoms with Crippen LogP contribution in [0.2, 0.25) is 0 Å². The Morgan fingerprint density at radius 3 is 1.24 bits per heavy atom. The summed E-state index contributed by atoms with van der Waals surface area (Å²) in [4.78, 5) is 19.7. The zero-order chi connectivity index (χ0) is 18.6. The Morgan fingerprint density at radius 2 is 1.00 bits per heavy atom. The summed E-state index contributed by atoms with van der Waals surface area (Å²) in [7, 11) is 0. The second-order valence-electron chi connectivity index (χ2n) is 6.43. The van der Waals surface area contributed by atoms with Gasteiger partial charge in [0.1, 0.15) is 0 Å². The van der Waals surface area contributed by atoms with E-state index >= 15 is 0 Å². The molecule has 0 aliphatic carbocycles. The van der Waals surface area contributed by atoms with Crippen molar-refractivity contribution < 1.29 is 19.8 Å². The van der Waals surface area contributed by atoms with Gasteiger partial charge in [-0.25, -0.2) is 0 Å². The minimum Gasteiger partial charge on any atom is -0.550 e. The summed E-state index contributed by atoms with van der Waals surface area (Å²) in [5.41, 5.74) is 0.0648. The quantitative estimate of drug-likeness (QED) is 0.248. The maximum atomic E-state index is 10.2.